The lowest BCUT2D eigenvalue weighted by Crippen LogP contribution is -2.30. The zero-order valence-electron chi connectivity index (χ0n) is 33.7. The van der Waals surface area contributed by atoms with E-state index in [1.165, 1.54) is 25.7 Å². The molecule has 0 amide bonds. The molecule has 0 N–H and O–H groups in total. The van der Waals surface area contributed by atoms with Gasteiger partial charge in [-0.1, -0.05) is 150 Å². The molecule has 0 heterocycles. The fourth-order valence-corrected chi connectivity index (χ4v) is 5.09. The van der Waals surface area contributed by atoms with Crippen molar-refractivity contribution in [2.75, 3.05) is 13.2 Å². The number of carbonyl (C=O) groups is 3. The average Bonchev–Trinajstić information content (AvgIpc) is 3.15. The Morgan fingerprint density at radius 3 is 1.36 bits per heavy atom. The van der Waals surface area contributed by atoms with Gasteiger partial charge in [0, 0.05) is 19.3 Å². The van der Waals surface area contributed by atoms with Gasteiger partial charge in [-0.15, -0.1) is 0 Å². The topological polar surface area (TPSA) is 78.9 Å². The first-order chi connectivity index (χ1) is 26.0. The number of unbranched alkanes of at least 4 members (excludes halogenated alkanes) is 10. The van der Waals surface area contributed by atoms with E-state index in [-0.39, 0.29) is 37.5 Å². The fourth-order valence-electron chi connectivity index (χ4n) is 5.09. The number of rotatable bonds is 35. The molecule has 6 nitrogen and oxygen atoms in total. The highest BCUT2D eigenvalue weighted by Crippen LogP contribution is 2.12. The lowest BCUT2D eigenvalue weighted by atomic mass is 10.1. The summed E-state index contributed by atoms with van der Waals surface area (Å²) in [6.45, 7) is 6.13. The molecule has 0 aliphatic rings. The van der Waals surface area contributed by atoms with Gasteiger partial charge in [-0.3, -0.25) is 14.4 Å². The summed E-state index contributed by atoms with van der Waals surface area (Å²) in [5, 5.41) is 0. The molecule has 0 radical (unpaired) electrons. The predicted octanol–water partition coefficient (Wildman–Crippen LogP) is 13.1. The second-order valence-electron chi connectivity index (χ2n) is 13.2. The predicted molar refractivity (Wildman–Crippen MR) is 224 cm³/mol. The van der Waals surface area contributed by atoms with Crippen LogP contribution in [0.2, 0.25) is 0 Å². The molecule has 1 atom stereocenters. The SMILES string of the molecule is CC\C=C/C=C\C=C/CCCCCCCCCC(=O)OCC(COC(=O)CCCC/C=C\C/C=C\CC)OC(=O)CCC/C=C\C/C=C\C/C=C\CC. The van der Waals surface area contributed by atoms with Gasteiger partial charge in [0.25, 0.3) is 0 Å². The third-order valence-corrected chi connectivity index (χ3v) is 8.13. The van der Waals surface area contributed by atoms with Gasteiger partial charge < -0.3 is 14.2 Å². The molecule has 0 spiro atoms. The molecule has 0 aromatic rings. The Kier molecular flexibility index (Phi) is 38.2. The van der Waals surface area contributed by atoms with E-state index in [0.29, 0.717) is 19.3 Å². The van der Waals surface area contributed by atoms with Gasteiger partial charge in [-0.25, -0.2) is 0 Å². The summed E-state index contributed by atoms with van der Waals surface area (Å²) in [7, 11) is 0. The summed E-state index contributed by atoms with van der Waals surface area (Å²) < 4.78 is 16.5. The van der Waals surface area contributed by atoms with E-state index in [9.17, 15) is 14.4 Å². The van der Waals surface area contributed by atoms with Crippen molar-refractivity contribution in [1.82, 2.24) is 0 Å². The number of allylic oxidation sites excluding steroid dienone is 16. The van der Waals surface area contributed by atoms with Crippen LogP contribution in [0, 0.1) is 0 Å². The van der Waals surface area contributed by atoms with Gasteiger partial charge in [0.1, 0.15) is 13.2 Å². The molecular formula is C47H74O6. The molecule has 0 aromatic carbocycles. The quantitative estimate of drug-likeness (QED) is 0.0212. The summed E-state index contributed by atoms with van der Waals surface area (Å²) >= 11 is 0. The summed E-state index contributed by atoms with van der Waals surface area (Å²) in [5.41, 5.74) is 0. The lowest BCUT2D eigenvalue weighted by Gasteiger charge is -2.18. The van der Waals surface area contributed by atoms with E-state index in [2.05, 4.69) is 118 Å². The van der Waals surface area contributed by atoms with Crippen molar-refractivity contribution in [3.63, 3.8) is 0 Å². The van der Waals surface area contributed by atoms with Crippen LogP contribution in [0.5, 0.6) is 0 Å². The van der Waals surface area contributed by atoms with E-state index in [4.69, 9.17) is 14.2 Å². The van der Waals surface area contributed by atoms with Crippen LogP contribution in [0.15, 0.2) is 97.2 Å². The molecular weight excluding hydrogens is 661 g/mol. The van der Waals surface area contributed by atoms with E-state index >= 15 is 0 Å². The molecule has 0 rings (SSSR count). The van der Waals surface area contributed by atoms with Gasteiger partial charge in [-0.05, 0) is 89.9 Å². The minimum Gasteiger partial charge on any atom is -0.462 e. The Morgan fingerprint density at radius 2 is 0.792 bits per heavy atom. The number of hydrogen-bond donors (Lipinski definition) is 0. The van der Waals surface area contributed by atoms with Crippen LogP contribution >= 0.6 is 0 Å². The maximum Gasteiger partial charge on any atom is 0.306 e. The third kappa shape index (κ3) is 39.4. The molecule has 0 aliphatic heterocycles. The summed E-state index contributed by atoms with van der Waals surface area (Å²) in [6.07, 6.45) is 52.7. The average molecular weight is 735 g/mol. The Morgan fingerprint density at radius 1 is 0.396 bits per heavy atom. The van der Waals surface area contributed by atoms with Gasteiger partial charge in [0.15, 0.2) is 6.10 Å². The van der Waals surface area contributed by atoms with Crippen molar-refractivity contribution >= 4 is 17.9 Å². The number of carbonyl (C=O) groups excluding carboxylic acids is 3. The molecule has 0 aromatic heterocycles. The second-order valence-corrected chi connectivity index (χ2v) is 13.2. The Bertz CT molecular complexity index is 1120. The molecule has 0 fully saturated rings. The zero-order valence-corrected chi connectivity index (χ0v) is 33.7. The van der Waals surface area contributed by atoms with E-state index in [1.807, 2.05) is 0 Å². The van der Waals surface area contributed by atoms with Crippen LogP contribution in [-0.2, 0) is 28.6 Å². The number of esters is 3. The third-order valence-electron chi connectivity index (χ3n) is 8.13. The minimum atomic E-state index is -0.819. The van der Waals surface area contributed by atoms with E-state index in [1.54, 1.807) is 0 Å². The summed E-state index contributed by atoms with van der Waals surface area (Å²) in [5.74, 6) is -1.04. The minimum absolute atomic E-state index is 0.117. The first kappa shape index (κ1) is 49.3. The molecule has 0 saturated heterocycles. The van der Waals surface area contributed by atoms with E-state index in [0.717, 1.165) is 89.9 Å². The highest BCUT2D eigenvalue weighted by atomic mass is 16.6. The summed E-state index contributed by atoms with van der Waals surface area (Å²) in [6, 6.07) is 0. The number of hydrogen-bond acceptors (Lipinski definition) is 6. The molecule has 53 heavy (non-hydrogen) atoms. The summed E-state index contributed by atoms with van der Waals surface area (Å²) in [4.78, 5) is 37.5. The highest BCUT2D eigenvalue weighted by molar-refractivity contribution is 5.71. The van der Waals surface area contributed by atoms with Crippen LogP contribution in [0.25, 0.3) is 0 Å². The van der Waals surface area contributed by atoms with Crippen LogP contribution in [0.4, 0.5) is 0 Å². The smallest absolute Gasteiger partial charge is 0.306 e. The Balaban J connectivity index is 4.48. The first-order valence-corrected chi connectivity index (χ1v) is 20.8. The van der Waals surface area contributed by atoms with Crippen molar-refractivity contribution in [3.05, 3.63) is 97.2 Å². The van der Waals surface area contributed by atoms with Crippen LogP contribution in [0.3, 0.4) is 0 Å². The van der Waals surface area contributed by atoms with Gasteiger partial charge in [0.2, 0.25) is 0 Å². The van der Waals surface area contributed by atoms with Gasteiger partial charge in [0.05, 0.1) is 0 Å². The normalized spacial score (nSPS) is 13.0. The van der Waals surface area contributed by atoms with Crippen molar-refractivity contribution < 1.29 is 28.6 Å². The van der Waals surface area contributed by atoms with Crippen molar-refractivity contribution in [1.29, 1.82) is 0 Å². The standard InChI is InChI=1S/C47H74O6/c1-4-7-10-13-16-19-21-22-23-24-26-28-31-34-37-40-46(49)52-43-44(42-51-45(48)39-36-33-30-27-18-15-12-9-6-3)53-47(50)41-38-35-32-29-25-20-17-14-11-8-5-2/h7-13,16-21,27,29,32,44H,4-6,14-15,22-26,28,30-31,33-43H2,1-3H3/b10-7-,11-8-,12-9-,16-13-,20-17-,21-19-,27-18-,32-29-. The van der Waals surface area contributed by atoms with Crippen LogP contribution < -0.4 is 0 Å². The first-order valence-electron chi connectivity index (χ1n) is 20.8. The molecule has 1 unspecified atom stereocenters. The highest BCUT2D eigenvalue weighted by Gasteiger charge is 2.19. The fraction of sp³-hybridized carbons (Fsp3) is 0.596. The maximum absolute atomic E-state index is 12.6. The number of ether oxygens (including phenoxy) is 3. The Labute approximate surface area is 324 Å². The molecule has 6 heteroatoms. The van der Waals surface area contributed by atoms with Crippen molar-refractivity contribution in [2.45, 2.75) is 168 Å². The molecule has 298 valence electrons. The second kappa shape index (κ2) is 41.1. The van der Waals surface area contributed by atoms with Crippen molar-refractivity contribution in [3.8, 4) is 0 Å². The van der Waals surface area contributed by atoms with E-state index < -0.39 is 6.10 Å². The van der Waals surface area contributed by atoms with Crippen LogP contribution in [-0.4, -0.2) is 37.2 Å². The molecule has 0 bridgehead atoms. The van der Waals surface area contributed by atoms with Gasteiger partial charge in [-0.2, -0.15) is 0 Å². The lowest BCUT2D eigenvalue weighted by molar-refractivity contribution is -0.167. The maximum atomic E-state index is 12.6. The molecule has 0 aliphatic carbocycles. The largest absolute Gasteiger partial charge is 0.462 e. The van der Waals surface area contributed by atoms with Crippen LogP contribution in [0.1, 0.15) is 162 Å². The monoisotopic (exact) mass is 735 g/mol. The van der Waals surface area contributed by atoms with Crippen molar-refractivity contribution in [2.24, 2.45) is 0 Å². The zero-order chi connectivity index (χ0) is 38.7. The van der Waals surface area contributed by atoms with Gasteiger partial charge >= 0.3 is 17.9 Å². The molecule has 0 saturated carbocycles. The Hall–Kier alpha value is -3.67.